The SMILES string of the molecule is CC(C)(C)CC(CN)C(=O)NC1CCCC1(C)C. The van der Waals surface area contributed by atoms with Gasteiger partial charge in [-0.1, -0.05) is 41.0 Å². The van der Waals surface area contributed by atoms with Gasteiger partial charge in [0, 0.05) is 12.6 Å². The third-order valence-corrected chi connectivity index (χ3v) is 4.09. The van der Waals surface area contributed by atoms with Gasteiger partial charge in [-0.3, -0.25) is 4.79 Å². The van der Waals surface area contributed by atoms with Crippen LogP contribution in [0.3, 0.4) is 0 Å². The van der Waals surface area contributed by atoms with Crippen LogP contribution in [-0.4, -0.2) is 18.5 Å². The topological polar surface area (TPSA) is 55.1 Å². The Kier molecular flexibility index (Phi) is 4.82. The minimum absolute atomic E-state index is 0.0543. The van der Waals surface area contributed by atoms with Gasteiger partial charge in [0.15, 0.2) is 0 Å². The first-order valence-corrected chi connectivity index (χ1v) is 7.16. The fraction of sp³-hybridized carbons (Fsp3) is 0.933. The van der Waals surface area contributed by atoms with Crippen LogP contribution in [0.5, 0.6) is 0 Å². The molecule has 2 atom stereocenters. The number of nitrogens with two attached hydrogens (primary N) is 1. The van der Waals surface area contributed by atoms with Gasteiger partial charge in [0.2, 0.25) is 5.91 Å². The van der Waals surface area contributed by atoms with Crippen molar-refractivity contribution in [1.29, 1.82) is 0 Å². The van der Waals surface area contributed by atoms with Crippen LogP contribution < -0.4 is 11.1 Å². The maximum Gasteiger partial charge on any atom is 0.224 e. The quantitative estimate of drug-likeness (QED) is 0.810. The summed E-state index contributed by atoms with van der Waals surface area (Å²) in [6.45, 7) is 11.4. The molecule has 1 saturated carbocycles. The minimum Gasteiger partial charge on any atom is -0.353 e. The molecule has 0 aromatic heterocycles. The zero-order valence-corrected chi connectivity index (χ0v) is 12.7. The molecule has 0 bridgehead atoms. The first kappa shape index (κ1) is 15.5. The van der Waals surface area contributed by atoms with Crippen LogP contribution >= 0.6 is 0 Å². The number of nitrogens with one attached hydrogen (secondary N) is 1. The summed E-state index contributed by atoms with van der Waals surface area (Å²) in [5.41, 5.74) is 6.14. The Morgan fingerprint density at radius 2 is 2.06 bits per heavy atom. The van der Waals surface area contributed by atoms with Crippen LogP contribution in [0.15, 0.2) is 0 Å². The first-order valence-electron chi connectivity index (χ1n) is 7.16. The molecule has 1 aliphatic carbocycles. The Balaban J connectivity index is 2.58. The lowest BCUT2D eigenvalue weighted by atomic mass is 9.83. The molecule has 3 N–H and O–H groups in total. The second-order valence-corrected chi connectivity index (χ2v) is 7.64. The van der Waals surface area contributed by atoms with Crippen LogP contribution in [-0.2, 0) is 4.79 Å². The lowest BCUT2D eigenvalue weighted by Gasteiger charge is -2.31. The normalized spacial score (nSPS) is 24.9. The molecule has 3 heteroatoms. The van der Waals surface area contributed by atoms with Crippen molar-refractivity contribution in [2.24, 2.45) is 22.5 Å². The highest BCUT2D eigenvalue weighted by atomic mass is 16.2. The van der Waals surface area contributed by atoms with Gasteiger partial charge in [-0.25, -0.2) is 0 Å². The van der Waals surface area contributed by atoms with Crippen molar-refractivity contribution in [2.75, 3.05) is 6.54 Å². The summed E-state index contributed by atoms with van der Waals surface area (Å²) in [5.74, 6) is 0.0915. The molecule has 18 heavy (non-hydrogen) atoms. The third kappa shape index (κ3) is 4.27. The maximum atomic E-state index is 12.3. The molecule has 3 nitrogen and oxygen atoms in total. The third-order valence-electron chi connectivity index (χ3n) is 4.09. The van der Waals surface area contributed by atoms with E-state index in [-0.39, 0.29) is 22.7 Å². The monoisotopic (exact) mass is 254 g/mol. The molecule has 1 rings (SSSR count). The van der Waals surface area contributed by atoms with Gasteiger partial charge in [0.25, 0.3) is 0 Å². The molecule has 2 unspecified atom stereocenters. The predicted molar refractivity (Wildman–Crippen MR) is 76.2 cm³/mol. The Hall–Kier alpha value is -0.570. The number of carbonyl (C=O) groups is 1. The highest BCUT2D eigenvalue weighted by Crippen LogP contribution is 2.37. The smallest absolute Gasteiger partial charge is 0.224 e. The van der Waals surface area contributed by atoms with E-state index in [1.807, 2.05) is 0 Å². The lowest BCUT2D eigenvalue weighted by molar-refractivity contribution is -0.127. The van der Waals surface area contributed by atoms with E-state index in [0.717, 1.165) is 12.8 Å². The van der Waals surface area contributed by atoms with Gasteiger partial charge in [-0.05, 0) is 30.1 Å². The molecular weight excluding hydrogens is 224 g/mol. The summed E-state index contributed by atoms with van der Waals surface area (Å²) in [5, 5.41) is 3.22. The molecule has 1 aliphatic rings. The van der Waals surface area contributed by atoms with Crippen LogP contribution in [0.25, 0.3) is 0 Å². The summed E-state index contributed by atoms with van der Waals surface area (Å²) < 4.78 is 0. The second-order valence-electron chi connectivity index (χ2n) is 7.64. The zero-order chi connectivity index (χ0) is 14.0. The standard InChI is InChI=1S/C15H30N2O/c1-14(2,3)9-11(10-16)13(18)17-12-7-6-8-15(12,4)5/h11-12H,6-10,16H2,1-5H3,(H,17,18). The molecule has 0 saturated heterocycles. The Morgan fingerprint density at radius 1 is 1.44 bits per heavy atom. The van der Waals surface area contributed by atoms with E-state index in [4.69, 9.17) is 5.73 Å². The Bertz CT molecular complexity index is 291. The molecule has 0 aromatic carbocycles. The average Bonchev–Trinajstić information content (AvgIpc) is 2.53. The summed E-state index contributed by atoms with van der Waals surface area (Å²) in [6, 6.07) is 0.319. The van der Waals surface area contributed by atoms with Crippen LogP contribution in [0.4, 0.5) is 0 Å². The summed E-state index contributed by atoms with van der Waals surface area (Å²) in [6.07, 6.45) is 4.36. The first-order chi connectivity index (χ1) is 8.15. The van der Waals surface area contributed by atoms with Gasteiger partial charge in [0.05, 0.1) is 5.92 Å². The van der Waals surface area contributed by atoms with Crippen LogP contribution in [0.1, 0.15) is 60.3 Å². The summed E-state index contributed by atoms with van der Waals surface area (Å²) >= 11 is 0. The highest BCUT2D eigenvalue weighted by molar-refractivity contribution is 5.79. The van der Waals surface area contributed by atoms with E-state index >= 15 is 0 Å². The zero-order valence-electron chi connectivity index (χ0n) is 12.7. The van der Waals surface area contributed by atoms with Crippen molar-refractivity contribution in [3.8, 4) is 0 Å². The molecule has 106 valence electrons. The number of amides is 1. The minimum atomic E-state index is -0.0543. The Morgan fingerprint density at radius 3 is 2.44 bits per heavy atom. The lowest BCUT2D eigenvalue weighted by Crippen LogP contribution is -2.46. The molecule has 1 fully saturated rings. The van der Waals surface area contributed by atoms with E-state index < -0.39 is 0 Å². The second kappa shape index (κ2) is 5.60. The number of hydrogen-bond acceptors (Lipinski definition) is 2. The van der Waals surface area contributed by atoms with E-state index in [9.17, 15) is 4.79 Å². The molecule has 0 aliphatic heterocycles. The van der Waals surface area contributed by atoms with E-state index in [0.29, 0.717) is 12.6 Å². The largest absolute Gasteiger partial charge is 0.353 e. The van der Waals surface area contributed by atoms with Gasteiger partial charge in [-0.2, -0.15) is 0 Å². The molecular formula is C15H30N2O. The molecule has 0 radical (unpaired) electrons. The van der Waals surface area contributed by atoms with Crippen LogP contribution in [0, 0.1) is 16.7 Å². The molecule has 1 amide bonds. The molecule has 0 aromatic rings. The van der Waals surface area contributed by atoms with Gasteiger partial charge in [0.1, 0.15) is 0 Å². The van der Waals surface area contributed by atoms with E-state index in [2.05, 4.69) is 39.9 Å². The van der Waals surface area contributed by atoms with E-state index in [1.165, 1.54) is 12.8 Å². The van der Waals surface area contributed by atoms with Crippen molar-refractivity contribution in [2.45, 2.75) is 66.3 Å². The van der Waals surface area contributed by atoms with Crippen molar-refractivity contribution in [1.82, 2.24) is 5.32 Å². The van der Waals surface area contributed by atoms with Gasteiger partial charge >= 0.3 is 0 Å². The van der Waals surface area contributed by atoms with Gasteiger partial charge in [-0.15, -0.1) is 0 Å². The number of carbonyl (C=O) groups excluding carboxylic acids is 1. The summed E-state index contributed by atoms with van der Waals surface area (Å²) in [7, 11) is 0. The van der Waals surface area contributed by atoms with Crippen LogP contribution in [0.2, 0.25) is 0 Å². The summed E-state index contributed by atoms with van der Waals surface area (Å²) in [4.78, 5) is 12.3. The fourth-order valence-electron chi connectivity index (χ4n) is 2.91. The molecule has 0 heterocycles. The maximum absolute atomic E-state index is 12.3. The van der Waals surface area contributed by atoms with Crippen molar-refractivity contribution < 1.29 is 4.79 Å². The van der Waals surface area contributed by atoms with Crippen molar-refractivity contribution >= 4 is 5.91 Å². The van der Waals surface area contributed by atoms with Crippen molar-refractivity contribution in [3.63, 3.8) is 0 Å². The predicted octanol–water partition coefficient (Wildman–Crippen LogP) is 2.69. The van der Waals surface area contributed by atoms with Crippen molar-refractivity contribution in [3.05, 3.63) is 0 Å². The Labute approximate surface area is 112 Å². The highest BCUT2D eigenvalue weighted by Gasteiger charge is 2.36. The van der Waals surface area contributed by atoms with E-state index in [1.54, 1.807) is 0 Å². The average molecular weight is 254 g/mol. The molecule has 0 spiro atoms. The fourth-order valence-corrected chi connectivity index (χ4v) is 2.91. The van der Waals surface area contributed by atoms with Gasteiger partial charge < -0.3 is 11.1 Å². The number of rotatable bonds is 4. The number of hydrogen-bond donors (Lipinski definition) is 2.